The van der Waals surface area contributed by atoms with Crippen molar-refractivity contribution in [2.75, 3.05) is 7.05 Å². The summed E-state index contributed by atoms with van der Waals surface area (Å²) in [5, 5.41) is 0. The molecule has 1 aliphatic rings. The molecule has 0 saturated carbocycles. The van der Waals surface area contributed by atoms with Crippen LogP contribution >= 0.6 is 0 Å². The van der Waals surface area contributed by atoms with Crippen molar-refractivity contribution in [3.63, 3.8) is 0 Å². The molecule has 0 bridgehead atoms. The van der Waals surface area contributed by atoms with Crippen LogP contribution < -0.4 is 5.46 Å². The van der Waals surface area contributed by atoms with Crippen LogP contribution in [0.5, 0.6) is 0 Å². The zero-order chi connectivity index (χ0) is 15.8. The number of carbonyl (C=O) groups is 1. The predicted molar refractivity (Wildman–Crippen MR) is 84.3 cm³/mol. The van der Waals surface area contributed by atoms with E-state index in [-0.39, 0.29) is 24.2 Å². The van der Waals surface area contributed by atoms with Gasteiger partial charge in [-0.15, -0.1) is 0 Å². The first-order valence-electron chi connectivity index (χ1n) is 7.28. The number of hydrogen-bond donors (Lipinski definition) is 0. The van der Waals surface area contributed by atoms with Crippen molar-refractivity contribution in [3.8, 4) is 0 Å². The molecule has 1 fully saturated rings. The van der Waals surface area contributed by atoms with Gasteiger partial charge in [0, 0.05) is 20.5 Å². The summed E-state index contributed by atoms with van der Waals surface area (Å²) in [6.45, 7) is 10.3. The van der Waals surface area contributed by atoms with E-state index >= 15 is 0 Å². The van der Waals surface area contributed by atoms with Crippen molar-refractivity contribution >= 4 is 18.5 Å². The Hall–Kier alpha value is -1.33. The molecule has 1 amide bonds. The maximum Gasteiger partial charge on any atom is 0.494 e. The first-order chi connectivity index (χ1) is 9.62. The van der Waals surface area contributed by atoms with E-state index in [0.717, 1.165) is 11.0 Å². The molecule has 114 valence electrons. The zero-order valence-corrected chi connectivity index (χ0v) is 13.8. The Bertz CT molecular complexity index is 526. The van der Waals surface area contributed by atoms with Crippen LogP contribution in [0.3, 0.4) is 0 Å². The van der Waals surface area contributed by atoms with Gasteiger partial charge in [0.05, 0.1) is 11.2 Å². The van der Waals surface area contributed by atoms with E-state index in [1.165, 1.54) is 0 Å². The topological polar surface area (TPSA) is 38.8 Å². The lowest BCUT2D eigenvalue weighted by Gasteiger charge is -2.32. The smallest absolute Gasteiger partial charge is 0.399 e. The lowest BCUT2D eigenvalue weighted by atomic mass is 9.78. The first kappa shape index (κ1) is 16.1. The quantitative estimate of drug-likeness (QED) is 0.799. The second-order valence-corrected chi connectivity index (χ2v) is 6.71. The number of nitrogens with zero attached hydrogens (tertiary/aromatic N) is 1. The Labute approximate surface area is 127 Å². The number of carbonyl (C=O) groups excluding carboxylic acids is 1. The van der Waals surface area contributed by atoms with Gasteiger partial charge in [-0.1, -0.05) is 24.3 Å². The Morgan fingerprint density at radius 1 is 1.19 bits per heavy atom. The van der Waals surface area contributed by atoms with Gasteiger partial charge in [-0.3, -0.25) is 4.79 Å². The molecule has 1 aromatic rings. The molecule has 1 aromatic carbocycles. The fourth-order valence-electron chi connectivity index (χ4n) is 2.20. The third-order valence-electron chi connectivity index (χ3n) is 4.43. The second-order valence-electron chi connectivity index (χ2n) is 6.71. The third kappa shape index (κ3) is 3.30. The van der Waals surface area contributed by atoms with Crippen LogP contribution in [-0.2, 0) is 20.6 Å². The van der Waals surface area contributed by atoms with Crippen LogP contribution in [0.25, 0.3) is 0 Å². The van der Waals surface area contributed by atoms with Crippen LogP contribution in [0, 0.1) is 0 Å². The van der Waals surface area contributed by atoms with Crippen molar-refractivity contribution in [2.24, 2.45) is 0 Å². The zero-order valence-electron chi connectivity index (χ0n) is 13.8. The molecule has 5 heteroatoms. The highest BCUT2D eigenvalue weighted by Gasteiger charge is 2.51. The summed E-state index contributed by atoms with van der Waals surface area (Å²) < 4.78 is 12.1. The molecule has 0 radical (unpaired) electrons. The summed E-state index contributed by atoms with van der Waals surface area (Å²) in [5.74, 6) is 0.0519. The minimum absolute atomic E-state index is 0.0519. The fourth-order valence-corrected chi connectivity index (χ4v) is 2.20. The van der Waals surface area contributed by atoms with Crippen LogP contribution in [0.2, 0.25) is 0 Å². The molecule has 21 heavy (non-hydrogen) atoms. The van der Waals surface area contributed by atoms with Gasteiger partial charge in [0.25, 0.3) is 0 Å². The van der Waals surface area contributed by atoms with Gasteiger partial charge in [0.15, 0.2) is 0 Å². The van der Waals surface area contributed by atoms with Crippen molar-refractivity contribution in [2.45, 2.75) is 52.4 Å². The summed E-state index contributed by atoms with van der Waals surface area (Å²) in [5.41, 5.74) is 1.37. The molecule has 0 atom stereocenters. The standard InChI is InChI=1S/C16H24BNO3/c1-12(19)18(6)11-13-8-7-9-14(10-13)17-20-15(2,3)16(4,5)21-17/h7-10H,11H2,1-6H3. The van der Waals surface area contributed by atoms with Gasteiger partial charge in [0.2, 0.25) is 5.91 Å². The molecular formula is C16H24BNO3. The van der Waals surface area contributed by atoms with Crippen molar-refractivity contribution < 1.29 is 14.1 Å². The molecule has 0 spiro atoms. The van der Waals surface area contributed by atoms with E-state index in [4.69, 9.17) is 9.31 Å². The van der Waals surface area contributed by atoms with Crippen LogP contribution in [0.1, 0.15) is 40.2 Å². The van der Waals surface area contributed by atoms with Gasteiger partial charge >= 0.3 is 7.12 Å². The van der Waals surface area contributed by atoms with Gasteiger partial charge in [-0.25, -0.2) is 0 Å². The summed E-state index contributed by atoms with van der Waals surface area (Å²) >= 11 is 0. The van der Waals surface area contributed by atoms with E-state index in [2.05, 4.69) is 0 Å². The molecular weight excluding hydrogens is 265 g/mol. The number of benzene rings is 1. The average molecular weight is 289 g/mol. The van der Waals surface area contributed by atoms with Crippen molar-refractivity contribution in [1.29, 1.82) is 0 Å². The highest BCUT2D eigenvalue weighted by molar-refractivity contribution is 6.62. The molecule has 1 saturated heterocycles. The largest absolute Gasteiger partial charge is 0.494 e. The van der Waals surface area contributed by atoms with Crippen LogP contribution in [-0.4, -0.2) is 36.2 Å². The third-order valence-corrected chi connectivity index (χ3v) is 4.43. The summed E-state index contributed by atoms with van der Waals surface area (Å²) in [4.78, 5) is 13.0. The average Bonchev–Trinajstić information content (AvgIpc) is 2.58. The molecule has 0 aliphatic carbocycles. The normalized spacial score (nSPS) is 19.6. The Kier molecular flexibility index (Phi) is 4.18. The lowest BCUT2D eigenvalue weighted by molar-refractivity contribution is -0.128. The Morgan fingerprint density at radius 2 is 1.76 bits per heavy atom. The molecule has 0 N–H and O–H groups in total. The van der Waals surface area contributed by atoms with E-state index < -0.39 is 0 Å². The maximum absolute atomic E-state index is 11.3. The van der Waals surface area contributed by atoms with Gasteiger partial charge in [-0.2, -0.15) is 0 Å². The fraction of sp³-hybridized carbons (Fsp3) is 0.562. The summed E-state index contributed by atoms with van der Waals surface area (Å²) in [7, 11) is 1.43. The Balaban J connectivity index is 2.17. The van der Waals surface area contributed by atoms with Gasteiger partial charge < -0.3 is 14.2 Å². The highest BCUT2D eigenvalue weighted by Crippen LogP contribution is 2.36. The molecule has 0 aromatic heterocycles. The predicted octanol–water partition coefficient (Wildman–Crippen LogP) is 1.96. The maximum atomic E-state index is 11.3. The minimum atomic E-state index is -0.363. The lowest BCUT2D eigenvalue weighted by Crippen LogP contribution is -2.41. The van der Waals surface area contributed by atoms with Crippen LogP contribution in [0.15, 0.2) is 24.3 Å². The van der Waals surface area contributed by atoms with Gasteiger partial charge in [-0.05, 0) is 38.7 Å². The SMILES string of the molecule is CC(=O)N(C)Cc1cccc(B2OC(C)(C)C(C)(C)O2)c1. The van der Waals surface area contributed by atoms with E-state index in [0.29, 0.717) is 6.54 Å². The highest BCUT2D eigenvalue weighted by atomic mass is 16.7. The van der Waals surface area contributed by atoms with Crippen molar-refractivity contribution in [1.82, 2.24) is 4.90 Å². The van der Waals surface area contributed by atoms with E-state index in [9.17, 15) is 4.79 Å². The molecule has 2 rings (SSSR count). The van der Waals surface area contributed by atoms with E-state index in [1.54, 1.807) is 18.9 Å². The van der Waals surface area contributed by atoms with Crippen LogP contribution in [0.4, 0.5) is 0 Å². The number of hydrogen-bond acceptors (Lipinski definition) is 3. The number of rotatable bonds is 3. The van der Waals surface area contributed by atoms with E-state index in [1.807, 2.05) is 52.0 Å². The van der Waals surface area contributed by atoms with Gasteiger partial charge in [0.1, 0.15) is 0 Å². The molecule has 1 aliphatic heterocycles. The molecule has 0 unspecified atom stereocenters. The minimum Gasteiger partial charge on any atom is -0.399 e. The van der Waals surface area contributed by atoms with Crippen molar-refractivity contribution in [3.05, 3.63) is 29.8 Å². The Morgan fingerprint density at radius 3 is 2.29 bits per heavy atom. The number of amides is 1. The monoisotopic (exact) mass is 289 g/mol. The summed E-state index contributed by atoms with van der Waals surface area (Å²) in [6.07, 6.45) is 0. The molecule has 1 heterocycles. The second kappa shape index (κ2) is 5.46. The summed E-state index contributed by atoms with van der Waals surface area (Å²) in [6, 6.07) is 8.03. The first-order valence-corrected chi connectivity index (χ1v) is 7.28. The molecule has 4 nitrogen and oxygen atoms in total.